The minimum atomic E-state index is -0.256. The molecule has 1 aromatic heterocycles. The number of hydrogen-bond donors (Lipinski definition) is 1. The number of carbonyl (C=O) groups is 1. The van der Waals surface area contributed by atoms with E-state index in [9.17, 15) is 4.79 Å². The van der Waals surface area contributed by atoms with Crippen molar-refractivity contribution in [3.63, 3.8) is 0 Å². The van der Waals surface area contributed by atoms with Gasteiger partial charge >= 0.3 is 0 Å². The largest absolute Gasteiger partial charge is 0.495 e. The van der Waals surface area contributed by atoms with Crippen molar-refractivity contribution in [3.05, 3.63) is 69.5 Å². The molecule has 3 rings (SSSR count). The maximum Gasteiger partial charge on any atom is 0.250 e. The number of methoxy groups -OCH3 is 1. The highest BCUT2D eigenvalue weighted by Crippen LogP contribution is 2.31. The Morgan fingerprint density at radius 3 is 2.65 bits per heavy atom. The summed E-state index contributed by atoms with van der Waals surface area (Å²) in [5.74, 6) is 0.347. The van der Waals surface area contributed by atoms with Gasteiger partial charge in [0, 0.05) is 22.0 Å². The molecular formula is C19H14Cl2N2O2S. The molecular weight excluding hydrogens is 391 g/mol. The molecule has 0 unspecified atom stereocenters. The molecule has 26 heavy (non-hydrogen) atoms. The molecule has 1 amide bonds. The zero-order valence-corrected chi connectivity index (χ0v) is 16.0. The Balaban J connectivity index is 1.67. The van der Waals surface area contributed by atoms with Gasteiger partial charge in [-0.3, -0.25) is 10.1 Å². The van der Waals surface area contributed by atoms with Crippen LogP contribution in [0.2, 0.25) is 10.0 Å². The molecule has 0 aliphatic carbocycles. The van der Waals surface area contributed by atoms with E-state index in [1.165, 1.54) is 17.4 Å². The molecule has 4 nitrogen and oxygen atoms in total. The van der Waals surface area contributed by atoms with Crippen molar-refractivity contribution >= 4 is 51.7 Å². The van der Waals surface area contributed by atoms with Crippen LogP contribution >= 0.6 is 34.5 Å². The molecule has 0 saturated heterocycles. The van der Waals surface area contributed by atoms with Crippen molar-refractivity contribution in [1.82, 2.24) is 4.98 Å². The first kappa shape index (κ1) is 18.5. The number of anilines is 1. The first-order valence-electron chi connectivity index (χ1n) is 7.59. The van der Waals surface area contributed by atoms with Crippen LogP contribution in [-0.2, 0) is 4.79 Å². The summed E-state index contributed by atoms with van der Waals surface area (Å²) in [6.45, 7) is 0. The molecule has 132 valence electrons. The van der Waals surface area contributed by atoms with E-state index in [1.54, 1.807) is 37.5 Å². The third kappa shape index (κ3) is 4.64. The van der Waals surface area contributed by atoms with Crippen molar-refractivity contribution < 1.29 is 9.53 Å². The molecule has 0 radical (unpaired) electrons. The number of amides is 1. The monoisotopic (exact) mass is 404 g/mol. The summed E-state index contributed by atoms with van der Waals surface area (Å²) < 4.78 is 5.14. The average molecular weight is 405 g/mol. The fourth-order valence-electron chi connectivity index (χ4n) is 2.18. The molecule has 0 aliphatic heterocycles. The van der Waals surface area contributed by atoms with Gasteiger partial charge in [-0.15, -0.1) is 11.3 Å². The second kappa shape index (κ2) is 8.36. The van der Waals surface area contributed by atoms with E-state index < -0.39 is 0 Å². The normalized spacial score (nSPS) is 10.9. The second-order valence-electron chi connectivity index (χ2n) is 5.26. The van der Waals surface area contributed by atoms with Crippen LogP contribution in [0.15, 0.2) is 53.9 Å². The van der Waals surface area contributed by atoms with E-state index >= 15 is 0 Å². The van der Waals surface area contributed by atoms with Gasteiger partial charge in [-0.1, -0.05) is 35.3 Å². The van der Waals surface area contributed by atoms with Crippen molar-refractivity contribution in [2.75, 3.05) is 12.4 Å². The van der Waals surface area contributed by atoms with Crippen LogP contribution in [0.4, 0.5) is 5.13 Å². The average Bonchev–Trinajstić information content (AvgIpc) is 3.09. The number of nitrogens with one attached hydrogen (secondary N) is 1. The molecule has 0 atom stereocenters. The van der Waals surface area contributed by atoms with Crippen molar-refractivity contribution in [3.8, 4) is 17.0 Å². The van der Waals surface area contributed by atoms with Gasteiger partial charge in [0.05, 0.1) is 17.8 Å². The Labute approximate surface area is 165 Å². The molecule has 0 fully saturated rings. The van der Waals surface area contributed by atoms with Gasteiger partial charge in [-0.05, 0) is 42.0 Å². The lowest BCUT2D eigenvalue weighted by molar-refractivity contribution is -0.111. The van der Waals surface area contributed by atoms with Crippen LogP contribution in [0, 0.1) is 0 Å². The van der Waals surface area contributed by atoms with Gasteiger partial charge in [0.2, 0.25) is 5.91 Å². The summed E-state index contributed by atoms with van der Waals surface area (Å²) >= 11 is 13.3. The van der Waals surface area contributed by atoms with Gasteiger partial charge in [-0.2, -0.15) is 0 Å². The topological polar surface area (TPSA) is 51.2 Å². The predicted molar refractivity (Wildman–Crippen MR) is 108 cm³/mol. The summed E-state index contributed by atoms with van der Waals surface area (Å²) in [7, 11) is 1.56. The quantitative estimate of drug-likeness (QED) is 0.548. The minimum absolute atomic E-state index is 0.256. The van der Waals surface area contributed by atoms with E-state index in [1.807, 2.05) is 23.6 Å². The van der Waals surface area contributed by atoms with Gasteiger partial charge in [0.1, 0.15) is 5.75 Å². The number of thiazole rings is 1. The highest BCUT2D eigenvalue weighted by atomic mass is 35.5. The summed E-state index contributed by atoms with van der Waals surface area (Å²) in [6, 6.07) is 12.6. The molecule has 3 aromatic rings. The first-order valence-corrected chi connectivity index (χ1v) is 9.23. The number of hydrogen-bond acceptors (Lipinski definition) is 4. The van der Waals surface area contributed by atoms with Gasteiger partial charge < -0.3 is 4.74 Å². The Kier molecular flexibility index (Phi) is 5.93. The summed E-state index contributed by atoms with van der Waals surface area (Å²) in [4.78, 5) is 16.5. The van der Waals surface area contributed by atoms with Gasteiger partial charge in [-0.25, -0.2) is 4.98 Å². The SMILES string of the molecule is COc1ccc(-c2csc(NC(=O)/C=C/c3ccc(Cl)cc3)n2)cc1Cl. The van der Waals surface area contributed by atoms with E-state index in [2.05, 4.69) is 10.3 Å². The Morgan fingerprint density at radius 1 is 1.19 bits per heavy atom. The van der Waals surface area contributed by atoms with Crippen LogP contribution in [0.1, 0.15) is 5.56 Å². The number of halogens is 2. The van der Waals surface area contributed by atoms with Crippen LogP contribution < -0.4 is 10.1 Å². The van der Waals surface area contributed by atoms with Crippen molar-refractivity contribution in [2.45, 2.75) is 0 Å². The third-order valence-corrected chi connectivity index (χ3v) is 4.78. The van der Waals surface area contributed by atoms with Crippen LogP contribution in [0.5, 0.6) is 5.75 Å². The van der Waals surface area contributed by atoms with E-state index in [0.29, 0.717) is 20.9 Å². The Bertz CT molecular complexity index is 952. The van der Waals surface area contributed by atoms with E-state index in [0.717, 1.165) is 16.8 Å². The highest BCUT2D eigenvalue weighted by Gasteiger charge is 2.09. The predicted octanol–water partition coefficient (Wildman–Crippen LogP) is 5.78. The van der Waals surface area contributed by atoms with Gasteiger partial charge in [0.15, 0.2) is 5.13 Å². The van der Waals surface area contributed by atoms with Crippen LogP contribution in [-0.4, -0.2) is 18.0 Å². The molecule has 0 aliphatic rings. The van der Waals surface area contributed by atoms with E-state index in [-0.39, 0.29) is 5.91 Å². The number of carbonyl (C=O) groups excluding carboxylic acids is 1. The Hall–Kier alpha value is -2.34. The molecule has 0 bridgehead atoms. The fourth-order valence-corrected chi connectivity index (χ4v) is 3.29. The van der Waals surface area contributed by atoms with Crippen molar-refractivity contribution in [1.29, 1.82) is 0 Å². The highest BCUT2D eigenvalue weighted by molar-refractivity contribution is 7.14. The number of rotatable bonds is 5. The number of ether oxygens (including phenoxy) is 1. The lowest BCUT2D eigenvalue weighted by Gasteiger charge is -2.04. The molecule has 7 heteroatoms. The molecule has 0 saturated carbocycles. The summed E-state index contributed by atoms with van der Waals surface area (Å²) in [6.07, 6.45) is 3.16. The first-order chi connectivity index (χ1) is 12.5. The second-order valence-corrected chi connectivity index (χ2v) is 6.96. The Morgan fingerprint density at radius 2 is 1.96 bits per heavy atom. The van der Waals surface area contributed by atoms with Gasteiger partial charge in [0.25, 0.3) is 0 Å². The van der Waals surface area contributed by atoms with Crippen LogP contribution in [0.3, 0.4) is 0 Å². The number of nitrogens with zero attached hydrogens (tertiary/aromatic N) is 1. The molecule has 0 spiro atoms. The molecule has 2 aromatic carbocycles. The zero-order chi connectivity index (χ0) is 18.5. The number of aromatic nitrogens is 1. The fraction of sp³-hybridized carbons (Fsp3) is 0.0526. The van der Waals surface area contributed by atoms with Crippen LogP contribution in [0.25, 0.3) is 17.3 Å². The maximum absolute atomic E-state index is 12.0. The molecule has 1 heterocycles. The lowest BCUT2D eigenvalue weighted by Crippen LogP contribution is -2.07. The standard InChI is InChI=1S/C19H14Cl2N2O2S/c1-25-17-8-5-13(10-15(17)21)16-11-26-19(22-16)23-18(24)9-4-12-2-6-14(20)7-3-12/h2-11H,1H3,(H,22,23,24)/b9-4+. The zero-order valence-electron chi connectivity index (χ0n) is 13.7. The lowest BCUT2D eigenvalue weighted by atomic mass is 10.2. The maximum atomic E-state index is 12.0. The molecule has 1 N–H and O–H groups in total. The van der Waals surface area contributed by atoms with E-state index in [4.69, 9.17) is 27.9 Å². The van der Waals surface area contributed by atoms with Crippen molar-refractivity contribution in [2.24, 2.45) is 0 Å². The summed E-state index contributed by atoms with van der Waals surface area (Å²) in [5, 5.41) is 6.28. The summed E-state index contributed by atoms with van der Waals surface area (Å²) in [5.41, 5.74) is 2.47. The number of benzene rings is 2. The third-order valence-electron chi connectivity index (χ3n) is 3.48. The minimum Gasteiger partial charge on any atom is -0.495 e. The smallest absolute Gasteiger partial charge is 0.250 e.